The zero-order chi connectivity index (χ0) is 26.5. The second kappa shape index (κ2) is 9.29. The number of para-hydroxylation sites is 2. The number of carbonyl (C=O) groups excluding carboxylic acids is 1. The second-order valence-electron chi connectivity index (χ2n) is 9.88. The van der Waals surface area contributed by atoms with Gasteiger partial charge in [-0.1, -0.05) is 90.5 Å². The molecule has 1 N–H and O–H groups in total. The van der Waals surface area contributed by atoms with Crippen LogP contribution in [0.4, 0.5) is 11.5 Å². The number of nitrogens with zero attached hydrogens (tertiary/aromatic N) is 3. The van der Waals surface area contributed by atoms with Gasteiger partial charge in [-0.2, -0.15) is 5.10 Å². The molecule has 0 bridgehead atoms. The summed E-state index contributed by atoms with van der Waals surface area (Å²) in [5, 5.41) is 9.26. The molecular weight excluding hydrogens is 504 g/mol. The molecule has 1 aromatic heterocycles. The van der Waals surface area contributed by atoms with Gasteiger partial charge in [-0.05, 0) is 53.9 Å². The standard InChI is InChI=1S/C33H25ClN4O/c1-21-28-29-26-14-8-9-15-27(26)37(20-22-10-4-2-5-11-22)33(39)30(29)31(23-16-18-24(34)19-17-23)35-32(28)38(36-21)25-12-6-3-7-13-25/h2-19,29,35H,20H2,1H3. The van der Waals surface area contributed by atoms with Crippen LogP contribution in [0.3, 0.4) is 0 Å². The summed E-state index contributed by atoms with van der Waals surface area (Å²) < 4.78 is 1.95. The zero-order valence-electron chi connectivity index (χ0n) is 21.3. The van der Waals surface area contributed by atoms with E-state index < -0.39 is 0 Å². The third-order valence-corrected chi connectivity index (χ3v) is 7.78. The van der Waals surface area contributed by atoms with Gasteiger partial charge in [0.2, 0.25) is 0 Å². The first-order valence-corrected chi connectivity index (χ1v) is 13.3. The van der Waals surface area contributed by atoms with Gasteiger partial charge in [0.15, 0.2) is 0 Å². The Morgan fingerprint density at radius 1 is 0.846 bits per heavy atom. The van der Waals surface area contributed by atoms with Gasteiger partial charge in [0.25, 0.3) is 5.91 Å². The number of hydrogen-bond acceptors (Lipinski definition) is 3. The van der Waals surface area contributed by atoms with E-state index in [1.165, 1.54) is 0 Å². The lowest BCUT2D eigenvalue weighted by Gasteiger charge is -2.40. The average Bonchev–Trinajstić information content (AvgIpc) is 3.32. The van der Waals surface area contributed by atoms with Crippen LogP contribution in [0.5, 0.6) is 0 Å². The van der Waals surface area contributed by atoms with Gasteiger partial charge in [0, 0.05) is 22.2 Å². The molecule has 7 rings (SSSR count). The first kappa shape index (κ1) is 23.5. The number of nitrogens with one attached hydrogen (secondary N) is 1. The third kappa shape index (κ3) is 3.85. The number of benzene rings is 4. The predicted octanol–water partition coefficient (Wildman–Crippen LogP) is 7.35. The number of fused-ring (bicyclic) bond motifs is 5. The van der Waals surface area contributed by atoms with E-state index in [-0.39, 0.29) is 11.8 Å². The van der Waals surface area contributed by atoms with Crippen LogP contribution in [0.1, 0.15) is 33.9 Å². The molecule has 5 aromatic rings. The van der Waals surface area contributed by atoms with Gasteiger partial charge in [0.1, 0.15) is 5.82 Å². The topological polar surface area (TPSA) is 50.2 Å². The zero-order valence-corrected chi connectivity index (χ0v) is 22.1. The summed E-state index contributed by atoms with van der Waals surface area (Å²) in [7, 11) is 0. The van der Waals surface area contributed by atoms with Gasteiger partial charge < -0.3 is 10.2 Å². The molecule has 5 nitrogen and oxygen atoms in total. The molecule has 0 aliphatic carbocycles. The summed E-state index contributed by atoms with van der Waals surface area (Å²) in [6, 6.07) is 36.1. The van der Waals surface area contributed by atoms with Gasteiger partial charge in [0.05, 0.1) is 29.2 Å². The highest BCUT2D eigenvalue weighted by atomic mass is 35.5. The molecule has 0 saturated carbocycles. The molecule has 3 heterocycles. The molecule has 6 heteroatoms. The lowest BCUT2D eigenvalue weighted by molar-refractivity contribution is -0.115. The van der Waals surface area contributed by atoms with Crippen LogP contribution < -0.4 is 10.2 Å². The molecule has 0 saturated heterocycles. The first-order valence-electron chi connectivity index (χ1n) is 13.0. The quantitative estimate of drug-likeness (QED) is 0.265. The van der Waals surface area contributed by atoms with Crippen molar-refractivity contribution in [3.63, 3.8) is 0 Å². The monoisotopic (exact) mass is 528 g/mol. The molecule has 0 radical (unpaired) electrons. The van der Waals surface area contributed by atoms with Gasteiger partial charge in [-0.25, -0.2) is 4.68 Å². The van der Waals surface area contributed by atoms with E-state index >= 15 is 0 Å². The van der Waals surface area contributed by atoms with Gasteiger partial charge in [-0.15, -0.1) is 0 Å². The molecule has 2 aliphatic rings. The molecular formula is C33H25ClN4O. The van der Waals surface area contributed by atoms with Crippen LogP contribution in [-0.2, 0) is 11.3 Å². The Morgan fingerprint density at radius 3 is 2.26 bits per heavy atom. The Labute approximate surface area is 232 Å². The summed E-state index contributed by atoms with van der Waals surface area (Å²) in [4.78, 5) is 16.4. The van der Waals surface area contributed by atoms with Crippen molar-refractivity contribution in [2.24, 2.45) is 0 Å². The number of amides is 1. The lowest BCUT2D eigenvalue weighted by atomic mass is 9.76. The van der Waals surface area contributed by atoms with Crippen molar-refractivity contribution < 1.29 is 4.79 Å². The van der Waals surface area contributed by atoms with Crippen molar-refractivity contribution in [2.45, 2.75) is 19.4 Å². The average molecular weight is 529 g/mol. The number of anilines is 2. The lowest BCUT2D eigenvalue weighted by Crippen LogP contribution is -2.41. The summed E-state index contributed by atoms with van der Waals surface area (Å²) in [5.41, 5.74) is 8.35. The molecule has 190 valence electrons. The van der Waals surface area contributed by atoms with Gasteiger partial charge >= 0.3 is 0 Å². The van der Waals surface area contributed by atoms with Crippen molar-refractivity contribution in [2.75, 3.05) is 10.2 Å². The molecule has 1 atom stereocenters. The summed E-state index contributed by atoms with van der Waals surface area (Å²) in [6.07, 6.45) is 0. The largest absolute Gasteiger partial charge is 0.339 e. The fourth-order valence-electron chi connectivity index (χ4n) is 5.78. The Balaban J connectivity index is 1.49. The number of aryl methyl sites for hydroxylation is 1. The smallest absolute Gasteiger partial charge is 0.257 e. The maximum atomic E-state index is 14.6. The van der Waals surface area contributed by atoms with Gasteiger partial charge in [-0.3, -0.25) is 4.79 Å². The molecule has 2 aliphatic heterocycles. The minimum atomic E-state index is -0.264. The van der Waals surface area contributed by atoms with Crippen molar-refractivity contribution >= 4 is 34.7 Å². The summed E-state index contributed by atoms with van der Waals surface area (Å²) >= 11 is 6.26. The number of rotatable bonds is 4. The summed E-state index contributed by atoms with van der Waals surface area (Å²) in [6.45, 7) is 2.50. The van der Waals surface area contributed by atoms with Crippen LogP contribution in [0.25, 0.3) is 11.4 Å². The highest BCUT2D eigenvalue weighted by Gasteiger charge is 2.44. The highest BCUT2D eigenvalue weighted by molar-refractivity contribution is 6.30. The van der Waals surface area contributed by atoms with Crippen molar-refractivity contribution in [3.05, 3.63) is 148 Å². The van der Waals surface area contributed by atoms with Crippen LogP contribution in [-0.4, -0.2) is 15.7 Å². The normalized spacial score (nSPS) is 15.9. The van der Waals surface area contributed by atoms with Crippen LogP contribution >= 0.6 is 11.6 Å². The van der Waals surface area contributed by atoms with Crippen molar-refractivity contribution in [3.8, 4) is 5.69 Å². The summed E-state index contributed by atoms with van der Waals surface area (Å²) in [5.74, 6) is 0.592. The molecule has 1 amide bonds. The van der Waals surface area contributed by atoms with E-state index in [1.54, 1.807) is 0 Å². The molecule has 39 heavy (non-hydrogen) atoms. The Bertz CT molecular complexity index is 1740. The first-order chi connectivity index (χ1) is 19.1. The molecule has 4 aromatic carbocycles. The van der Waals surface area contributed by atoms with Crippen molar-refractivity contribution in [1.29, 1.82) is 0 Å². The minimum Gasteiger partial charge on any atom is -0.339 e. The Morgan fingerprint density at radius 2 is 1.51 bits per heavy atom. The van der Waals surface area contributed by atoms with E-state index in [0.29, 0.717) is 11.6 Å². The van der Waals surface area contributed by atoms with E-state index in [9.17, 15) is 4.79 Å². The minimum absolute atomic E-state index is 0.0162. The van der Waals surface area contributed by atoms with Crippen LogP contribution in [0.2, 0.25) is 5.02 Å². The van der Waals surface area contributed by atoms with E-state index in [4.69, 9.17) is 16.7 Å². The van der Waals surface area contributed by atoms with E-state index in [1.807, 2.05) is 108 Å². The fraction of sp³-hybridized carbons (Fsp3) is 0.0909. The maximum absolute atomic E-state index is 14.6. The van der Waals surface area contributed by atoms with E-state index in [0.717, 1.165) is 56.4 Å². The third-order valence-electron chi connectivity index (χ3n) is 7.53. The Hall–Kier alpha value is -4.61. The number of hydrogen-bond donors (Lipinski definition) is 1. The predicted molar refractivity (Wildman–Crippen MR) is 156 cm³/mol. The highest BCUT2D eigenvalue weighted by Crippen LogP contribution is 2.52. The molecule has 0 spiro atoms. The number of halogens is 1. The molecule has 1 unspecified atom stereocenters. The molecule has 0 fully saturated rings. The fourth-order valence-corrected chi connectivity index (χ4v) is 5.90. The SMILES string of the molecule is Cc1nn(-c2ccccc2)c2c1C1C(=C(c3ccc(Cl)cc3)N2)C(=O)N(Cc2ccccc2)c2ccccc21. The number of aromatic nitrogens is 2. The second-order valence-corrected chi connectivity index (χ2v) is 10.3. The Kier molecular flexibility index (Phi) is 5.60. The van der Waals surface area contributed by atoms with E-state index in [2.05, 4.69) is 23.5 Å². The van der Waals surface area contributed by atoms with Crippen LogP contribution in [0, 0.1) is 6.92 Å². The number of carbonyl (C=O) groups is 1. The van der Waals surface area contributed by atoms with Crippen molar-refractivity contribution in [1.82, 2.24) is 9.78 Å². The van der Waals surface area contributed by atoms with Crippen LogP contribution in [0.15, 0.2) is 115 Å². The maximum Gasteiger partial charge on any atom is 0.257 e.